The molecule has 2 aromatic carbocycles. The number of rotatable bonds is 2. The van der Waals surface area contributed by atoms with Gasteiger partial charge in [0.25, 0.3) is 5.91 Å². The van der Waals surface area contributed by atoms with E-state index in [-0.39, 0.29) is 6.04 Å². The maximum atomic E-state index is 12.9. The third-order valence-electron chi connectivity index (χ3n) is 4.48. The van der Waals surface area contributed by atoms with Crippen molar-refractivity contribution in [3.05, 3.63) is 71.3 Å². The number of ether oxygens (including phenoxy) is 1. The first-order valence-corrected chi connectivity index (χ1v) is 9.49. The summed E-state index contributed by atoms with van der Waals surface area (Å²) in [5, 5.41) is 3.51. The molecule has 0 heterocycles. The number of imide groups is 1. The van der Waals surface area contributed by atoms with E-state index < -0.39 is 23.6 Å². The molecule has 0 aliphatic heterocycles. The van der Waals surface area contributed by atoms with E-state index in [0.717, 1.165) is 16.1 Å². The number of hydrogen-bond donors (Lipinski definition) is 2. The quantitative estimate of drug-likeness (QED) is 0.763. The summed E-state index contributed by atoms with van der Waals surface area (Å²) in [5.74, 6) is -0.540. The predicted octanol–water partition coefficient (Wildman–Crippen LogP) is 3.45. The summed E-state index contributed by atoms with van der Waals surface area (Å²) in [4.78, 5) is 37.6. The second-order valence-electron chi connectivity index (χ2n) is 7.94. The lowest BCUT2D eigenvalue weighted by Crippen LogP contribution is -2.57. The molecule has 2 aromatic rings. The first-order valence-electron chi connectivity index (χ1n) is 9.49. The summed E-state index contributed by atoms with van der Waals surface area (Å²) >= 11 is 0. The lowest BCUT2D eigenvalue weighted by Gasteiger charge is -2.30. The van der Waals surface area contributed by atoms with Gasteiger partial charge in [0.2, 0.25) is 0 Å². The summed E-state index contributed by atoms with van der Waals surface area (Å²) in [5.41, 5.74) is 4.37. The number of carbonyl (C=O) groups excluding carboxylic acids is 3. The van der Waals surface area contributed by atoms with E-state index in [1.807, 2.05) is 24.3 Å². The number of hydrazine groups is 1. The fraction of sp³-hybridized carbons (Fsp3) is 0.318. The molecule has 29 heavy (non-hydrogen) atoms. The van der Waals surface area contributed by atoms with Crippen molar-refractivity contribution in [3.8, 4) is 0 Å². The van der Waals surface area contributed by atoms with E-state index >= 15 is 0 Å². The topological polar surface area (TPSA) is 87.7 Å². The minimum atomic E-state index is -0.754. The van der Waals surface area contributed by atoms with E-state index in [2.05, 4.69) is 10.7 Å². The number of urea groups is 1. The molecule has 2 N–H and O–H groups in total. The standard InChI is InChI=1S/C22H25N3O4/c1-22(2,3)29-21(28)24-25(18-13-16-11-7-8-12-17(16)14-18)20(27)23-19(26)15-9-5-4-6-10-15/h4-12,18H,13-14H2,1-3H3,(H,24,28)(H,23,26,27). The Kier molecular flexibility index (Phi) is 5.87. The first-order chi connectivity index (χ1) is 13.7. The Balaban J connectivity index is 1.76. The van der Waals surface area contributed by atoms with Crippen molar-refractivity contribution in [1.29, 1.82) is 0 Å². The van der Waals surface area contributed by atoms with E-state index in [1.165, 1.54) is 0 Å². The zero-order valence-corrected chi connectivity index (χ0v) is 16.8. The van der Waals surface area contributed by atoms with Crippen LogP contribution in [0.1, 0.15) is 42.3 Å². The van der Waals surface area contributed by atoms with Crippen LogP contribution in [-0.2, 0) is 17.6 Å². The van der Waals surface area contributed by atoms with Crippen molar-refractivity contribution in [3.63, 3.8) is 0 Å². The number of fused-ring (bicyclic) bond motifs is 1. The van der Waals surface area contributed by atoms with Crippen molar-refractivity contribution >= 4 is 18.0 Å². The van der Waals surface area contributed by atoms with E-state index in [0.29, 0.717) is 18.4 Å². The molecule has 1 aliphatic carbocycles. The largest absolute Gasteiger partial charge is 0.443 e. The molecule has 0 atom stereocenters. The molecule has 0 fully saturated rings. The molecule has 0 saturated heterocycles. The molecular formula is C22H25N3O4. The SMILES string of the molecule is CC(C)(C)OC(=O)NN(C(=O)NC(=O)c1ccccc1)C1Cc2ccccc2C1. The summed E-state index contributed by atoms with van der Waals surface area (Å²) in [6, 6.07) is 15.3. The molecule has 152 valence electrons. The van der Waals surface area contributed by atoms with Crippen LogP contribution in [0.3, 0.4) is 0 Å². The minimum absolute atomic E-state index is 0.330. The molecule has 0 unspecified atom stereocenters. The Morgan fingerprint density at radius 1 is 0.931 bits per heavy atom. The van der Waals surface area contributed by atoms with Crippen molar-refractivity contribution < 1.29 is 19.1 Å². The molecule has 1 aliphatic rings. The van der Waals surface area contributed by atoms with Gasteiger partial charge in [0.1, 0.15) is 5.60 Å². The van der Waals surface area contributed by atoms with Gasteiger partial charge in [-0.05, 0) is 56.9 Å². The molecule has 0 aromatic heterocycles. The van der Waals surface area contributed by atoms with Gasteiger partial charge in [0.15, 0.2) is 0 Å². The second kappa shape index (κ2) is 8.34. The van der Waals surface area contributed by atoms with Gasteiger partial charge in [-0.2, -0.15) is 0 Å². The van der Waals surface area contributed by atoms with Gasteiger partial charge in [0, 0.05) is 5.56 Å². The van der Waals surface area contributed by atoms with Crippen molar-refractivity contribution in [2.75, 3.05) is 0 Å². The first kappa shape index (κ1) is 20.4. The van der Waals surface area contributed by atoms with Crippen LogP contribution < -0.4 is 10.7 Å². The zero-order valence-electron chi connectivity index (χ0n) is 16.8. The molecule has 3 rings (SSSR count). The zero-order chi connectivity index (χ0) is 21.0. The monoisotopic (exact) mass is 395 g/mol. The fourth-order valence-electron chi connectivity index (χ4n) is 3.24. The van der Waals surface area contributed by atoms with Gasteiger partial charge in [-0.3, -0.25) is 10.1 Å². The number of benzene rings is 2. The molecule has 0 bridgehead atoms. The highest BCUT2D eigenvalue weighted by Gasteiger charge is 2.33. The van der Waals surface area contributed by atoms with Crippen LogP contribution >= 0.6 is 0 Å². The number of nitrogens with zero attached hydrogens (tertiary/aromatic N) is 1. The van der Waals surface area contributed by atoms with E-state index in [1.54, 1.807) is 51.1 Å². The van der Waals surface area contributed by atoms with Gasteiger partial charge in [-0.25, -0.2) is 20.0 Å². The molecule has 0 spiro atoms. The number of hydrogen-bond acceptors (Lipinski definition) is 4. The Bertz CT molecular complexity index is 881. The van der Waals surface area contributed by atoms with Gasteiger partial charge in [0.05, 0.1) is 6.04 Å². The smallest absolute Gasteiger partial charge is 0.426 e. The predicted molar refractivity (Wildman–Crippen MR) is 108 cm³/mol. The van der Waals surface area contributed by atoms with Crippen LogP contribution in [-0.4, -0.2) is 34.7 Å². The lowest BCUT2D eigenvalue weighted by molar-refractivity contribution is 0.0323. The molecule has 0 saturated carbocycles. The fourth-order valence-corrected chi connectivity index (χ4v) is 3.24. The van der Waals surface area contributed by atoms with Gasteiger partial charge >= 0.3 is 12.1 Å². The number of nitrogens with one attached hydrogen (secondary N) is 2. The van der Waals surface area contributed by atoms with Crippen LogP contribution in [0.15, 0.2) is 54.6 Å². The maximum absolute atomic E-state index is 12.9. The average Bonchev–Trinajstić information content (AvgIpc) is 3.09. The summed E-state index contributed by atoms with van der Waals surface area (Å²) in [6.07, 6.45) is 0.383. The molecular weight excluding hydrogens is 370 g/mol. The number of carbonyl (C=O) groups is 3. The Morgan fingerprint density at radius 3 is 2.03 bits per heavy atom. The molecule has 4 amide bonds. The van der Waals surface area contributed by atoms with E-state index in [4.69, 9.17) is 4.74 Å². The highest BCUT2D eigenvalue weighted by Crippen LogP contribution is 2.25. The summed E-state index contributed by atoms with van der Waals surface area (Å²) in [7, 11) is 0. The van der Waals surface area contributed by atoms with Gasteiger partial charge in [-0.15, -0.1) is 0 Å². The average molecular weight is 395 g/mol. The van der Waals surface area contributed by atoms with Crippen LogP contribution in [0.2, 0.25) is 0 Å². The maximum Gasteiger partial charge on any atom is 0.426 e. The van der Waals surface area contributed by atoms with Crippen molar-refractivity contribution in [1.82, 2.24) is 15.8 Å². The third-order valence-corrected chi connectivity index (χ3v) is 4.48. The highest BCUT2D eigenvalue weighted by molar-refractivity contribution is 6.04. The van der Waals surface area contributed by atoms with Gasteiger partial charge in [-0.1, -0.05) is 42.5 Å². The van der Waals surface area contributed by atoms with Gasteiger partial charge < -0.3 is 4.74 Å². The van der Waals surface area contributed by atoms with Crippen molar-refractivity contribution in [2.24, 2.45) is 0 Å². The molecule has 7 nitrogen and oxygen atoms in total. The Labute approximate surface area is 170 Å². The summed E-state index contributed by atoms with van der Waals surface area (Å²) < 4.78 is 5.29. The van der Waals surface area contributed by atoms with Crippen LogP contribution in [0.25, 0.3) is 0 Å². The number of amides is 4. The Morgan fingerprint density at radius 2 is 1.48 bits per heavy atom. The molecule has 7 heteroatoms. The molecule has 0 radical (unpaired) electrons. The summed E-state index contributed by atoms with van der Waals surface area (Å²) in [6.45, 7) is 5.21. The second-order valence-corrected chi connectivity index (χ2v) is 7.94. The van der Waals surface area contributed by atoms with Crippen LogP contribution in [0.4, 0.5) is 9.59 Å². The lowest BCUT2D eigenvalue weighted by atomic mass is 10.1. The normalized spacial score (nSPS) is 13.3. The highest BCUT2D eigenvalue weighted by atomic mass is 16.6. The minimum Gasteiger partial charge on any atom is -0.443 e. The van der Waals surface area contributed by atoms with Crippen LogP contribution in [0.5, 0.6) is 0 Å². The van der Waals surface area contributed by atoms with Crippen LogP contribution in [0, 0.1) is 0 Å². The van der Waals surface area contributed by atoms with E-state index in [9.17, 15) is 14.4 Å². The Hall–Kier alpha value is -3.35. The third kappa shape index (κ3) is 5.34. The van der Waals surface area contributed by atoms with Crippen molar-refractivity contribution in [2.45, 2.75) is 45.3 Å².